The Labute approximate surface area is 332 Å². The van der Waals surface area contributed by atoms with E-state index in [0.717, 1.165) is 5.56 Å². The molecule has 56 heavy (non-hydrogen) atoms. The third-order valence-electron chi connectivity index (χ3n) is 11.3. The highest BCUT2D eigenvalue weighted by molar-refractivity contribution is 6.35. The summed E-state index contributed by atoms with van der Waals surface area (Å²) < 4.78 is 1.58. The zero-order valence-corrected chi connectivity index (χ0v) is 31.9. The molecule has 4 aromatic rings. The Bertz CT molecular complexity index is 2330. The number of pyridine rings is 1. The van der Waals surface area contributed by atoms with E-state index in [1.807, 2.05) is 0 Å². The number of rotatable bonds is 10. The molecule has 3 fully saturated rings. The number of imidazole rings is 1. The Morgan fingerprint density at radius 3 is 2.29 bits per heavy atom. The molecule has 2 aliphatic carbocycles. The van der Waals surface area contributed by atoms with Gasteiger partial charge >= 0.3 is 0 Å². The molecule has 2 saturated carbocycles. The van der Waals surface area contributed by atoms with Crippen LogP contribution in [-0.2, 0) is 31.9 Å². The lowest BCUT2D eigenvalue weighted by Crippen LogP contribution is -2.52. The Morgan fingerprint density at radius 1 is 0.964 bits per heavy atom. The molecule has 1 saturated heterocycles. The summed E-state index contributed by atoms with van der Waals surface area (Å²) in [5, 5.41) is 16.0. The Kier molecular flexibility index (Phi) is 9.13. The molecule has 14 nitrogen and oxygen atoms in total. The van der Waals surface area contributed by atoms with E-state index in [2.05, 4.69) is 26.7 Å². The van der Waals surface area contributed by atoms with Gasteiger partial charge < -0.3 is 21.3 Å². The van der Waals surface area contributed by atoms with Crippen molar-refractivity contribution >= 4 is 64.4 Å². The highest BCUT2D eigenvalue weighted by Gasteiger charge is 2.57. The highest BCUT2D eigenvalue weighted by atomic mass is 35.5. The SMILES string of the molecule is C[C@@]1(Cc2ccc(C#N)cc2)C(=O)N(c2cc(Cl)cc(Cl)c2)c2ncc(C(=O)NC3(C(=O)NC4(c5ccc(C(=O)N6CCCC(C(N)=O)C6)cn5)CC4)CC3)n21. The van der Waals surface area contributed by atoms with Crippen LogP contribution in [0, 0.1) is 17.2 Å². The van der Waals surface area contributed by atoms with Crippen molar-refractivity contribution in [1.82, 2.24) is 30.1 Å². The maximum absolute atomic E-state index is 14.4. The Morgan fingerprint density at radius 2 is 1.68 bits per heavy atom. The van der Waals surface area contributed by atoms with E-state index in [9.17, 15) is 29.2 Å². The molecule has 2 aromatic carbocycles. The van der Waals surface area contributed by atoms with Gasteiger partial charge in [-0.1, -0.05) is 35.3 Å². The average molecular weight is 795 g/mol. The van der Waals surface area contributed by atoms with Crippen molar-refractivity contribution in [3.05, 3.63) is 105 Å². The molecule has 0 bridgehead atoms. The number of piperidine rings is 1. The van der Waals surface area contributed by atoms with Gasteiger partial charge in [0, 0.05) is 35.8 Å². The first-order valence-corrected chi connectivity index (χ1v) is 19.1. The van der Waals surface area contributed by atoms with Crippen LogP contribution in [0.15, 0.2) is 67.0 Å². The molecular weight excluding hydrogens is 757 g/mol. The molecule has 4 heterocycles. The molecule has 4 N–H and O–H groups in total. The van der Waals surface area contributed by atoms with Crippen molar-refractivity contribution in [2.24, 2.45) is 11.7 Å². The van der Waals surface area contributed by atoms with Gasteiger partial charge in [0.1, 0.15) is 16.8 Å². The lowest BCUT2D eigenvalue weighted by Gasteiger charge is -2.31. The van der Waals surface area contributed by atoms with Gasteiger partial charge in [-0.2, -0.15) is 5.26 Å². The number of likely N-dealkylation sites (tertiary alicyclic amines) is 1. The van der Waals surface area contributed by atoms with Gasteiger partial charge in [-0.15, -0.1) is 0 Å². The molecule has 1 unspecified atom stereocenters. The zero-order chi connectivity index (χ0) is 39.6. The fourth-order valence-corrected chi connectivity index (χ4v) is 8.34. The van der Waals surface area contributed by atoms with Gasteiger partial charge in [0.25, 0.3) is 17.7 Å². The number of aromatic nitrogens is 3. The first-order chi connectivity index (χ1) is 26.8. The van der Waals surface area contributed by atoms with Crippen molar-refractivity contribution in [2.75, 3.05) is 18.0 Å². The quantitative estimate of drug-likeness (QED) is 0.209. The van der Waals surface area contributed by atoms with E-state index in [1.54, 1.807) is 71.0 Å². The number of fused-ring (bicyclic) bond motifs is 1. The number of nitrogens with zero attached hydrogens (tertiary/aromatic N) is 6. The predicted octanol–water partition coefficient (Wildman–Crippen LogP) is 4.50. The lowest BCUT2D eigenvalue weighted by molar-refractivity contribution is -0.125. The van der Waals surface area contributed by atoms with Crippen LogP contribution in [0.25, 0.3) is 0 Å². The largest absolute Gasteiger partial charge is 0.369 e. The number of nitriles is 1. The summed E-state index contributed by atoms with van der Waals surface area (Å²) in [6.45, 7) is 2.52. The van der Waals surface area contributed by atoms with Crippen LogP contribution in [0.4, 0.5) is 11.6 Å². The standard InChI is InChI=1S/C40H37Cl2N9O5/c1-38(18-23-4-6-24(19-43)7-5-23)36(56)50(29-16-27(41)15-28(42)17-29)37-46-21-30(51(37)38)33(53)47-40(12-13-40)35(55)48-39(10-11-39)31-9-8-25(20-45-31)34(54)49-14-2-3-26(22-49)32(44)52/h4-9,15-17,20-21,26H,2-3,10-14,18,22H2,1H3,(H2,44,52)(H,47,53)(H,48,55)/t26?,38-/m1/s1. The van der Waals surface area contributed by atoms with Crippen molar-refractivity contribution < 1.29 is 24.0 Å². The number of hydrogen-bond acceptors (Lipinski definition) is 8. The van der Waals surface area contributed by atoms with Crippen molar-refractivity contribution in [2.45, 2.75) is 68.5 Å². The smallest absolute Gasteiger partial charge is 0.270 e. The molecule has 0 spiro atoms. The summed E-state index contributed by atoms with van der Waals surface area (Å²) in [7, 11) is 0. The second-order valence-electron chi connectivity index (χ2n) is 15.3. The molecule has 5 amide bonds. The number of benzene rings is 2. The summed E-state index contributed by atoms with van der Waals surface area (Å²) >= 11 is 12.7. The molecule has 2 aromatic heterocycles. The van der Waals surface area contributed by atoms with Gasteiger partial charge in [-0.05, 0) is 93.5 Å². The average Bonchev–Trinajstić information content (AvgIpc) is 4.09. The van der Waals surface area contributed by atoms with Crippen LogP contribution in [0.1, 0.15) is 83.1 Å². The molecule has 2 atom stereocenters. The van der Waals surface area contributed by atoms with E-state index in [0.29, 0.717) is 77.6 Å². The maximum Gasteiger partial charge on any atom is 0.270 e. The fourth-order valence-electron chi connectivity index (χ4n) is 7.83. The lowest BCUT2D eigenvalue weighted by atomic mass is 9.91. The number of hydrogen-bond donors (Lipinski definition) is 3. The number of anilines is 2. The zero-order valence-electron chi connectivity index (χ0n) is 30.3. The number of primary amides is 1. The second-order valence-corrected chi connectivity index (χ2v) is 16.2. The van der Waals surface area contributed by atoms with E-state index in [4.69, 9.17) is 28.9 Å². The van der Waals surface area contributed by atoms with Gasteiger partial charge in [0.2, 0.25) is 17.8 Å². The first-order valence-electron chi connectivity index (χ1n) is 18.3. The van der Waals surface area contributed by atoms with E-state index < -0.39 is 28.4 Å². The van der Waals surface area contributed by atoms with Crippen LogP contribution in [-0.4, -0.2) is 67.6 Å². The van der Waals surface area contributed by atoms with Gasteiger partial charge in [0.15, 0.2) is 0 Å². The van der Waals surface area contributed by atoms with Gasteiger partial charge in [-0.25, -0.2) is 9.88 Å². The molecular formula is C40H37Cl2N9O5. The maximum atomic E-state index is 14.4. The monoisotopic (exact) mass is 793 g/mol. The van der Waals surface area contributed by atoms with Crippen LogP contribution in [0.2, 0.25) is 10.0 Å². The first kappa shape index (κ1) is 37.2. The highest BCUT2D eigenvalue weighted by Crippen LogP contribution is 2.48. The predicted molar refractivity (Wildman–Crippen MR) is 205 cm³/mol. The molecule has 4 aliphatic rings. The number of carbonyl (C=O) groups excluding carboxylic acids is 5. The molecule has 286 valence electrons. The second kappa shape index (κ2) is 13.8. The number of halogens is 2. The summed E-state index contributed by atoms with van der Waals surface area (Å²) in [4.78, 5) is 79.6. The van der Waals surface area contributed by atoms with Gasteiger partial charge in [0.05, 0.1) is 46.2 Å². The van der Waals surface area contributed by atoms with Crippen LogP contribution < -0.4 is 21.3 Å². The molecule has 2 aliphatic heterocycles. The number of carbonyl (C=O) groups is 5. The van der Waals surface area contributed by atoms with E-state index in [1.165, 1.54) is 17.3 Å². The van der Waals surface area contributed by atoms with Crippen LogP contribution in [0.3, 0.4) is 0 Å². The minimum atomic E-state index is -1.35. The van der Waals surface area contributed by atoms with E-state index >= 15 is 0 Å². The van der Waals surface area contributed by atoms with Gasteiger partial charge in [-0.3, -0.25) is 33.5 Å². The molecule has 0 radical (unpaired) electrons. The number of nitrogens with two attached hydrogens (primary N) is 1. The van der Waals surface area contributed by atoms with E-state index in [-0.39, 0.29) is 48.2 Å². The minimum absolute atomic E-state index is 0.0816. The number of amides is 5. The van der Waals surface area contributed by atoms with Crippen LogP contribution >= 0.6 is 23.2 Å². The van der Waals surface area contributed by atoms with Crippen molar-refractivity contribution in [3.63, 3.8) is 0 Å². The summed E-state index contributed by atoms with van der Waals surface area (Å²) in [6.07, 6.45) is 6.44. The topological polar surface area (TPSA) is 196 Å². The Balaban J connectivity index is 1.02. The minimum Gasteiger partial charge on any atom is -0.369 e. The number of nitrogens with one attached hydrogen (secondary N) is 2. The van der Waals surface area contributed by atoms with Crippen LogP contribution in [0.5, 0.6) is 0 Å². The van der Waals surface area contributed by atoms with Crippen molar-refractivity contribution in [3.8, 4) is 6.07 Å². The summed E-state index contributed by atoms with van der Waals surface area (Å²) in [5.74, 6) is -2.16. The molecule has 8 rings (SSSR count). The summed E-state index contributed by atoms with van der Waals surface area (Å²) in [5.41, 5.74) is 4.85. The third kappa shape index (κ3) is 6.54. The van der Waals surface area contributed by atoms with Crippen molar-refractivity contribution in [1.29, 1.82) is 5.26 Å². The normalized spacial score (nSPS) is 21.5. The molecule has 16 heteroatoms. The summed E-state index contributed by atoms with van der Waals surface area (Å²) in [6, 6.07) is 17.1. The Hall–Kier alpha value is -5.78. The fraction of sp³-hybridized carbons (Fsp3) is 0.350. The third-order valence-corrected chi connectivity index (χ3v) is 11.8.